The Kier molecular flexibility index (Phi) is 4.83. The molecule has 33 heavy (non-hydrogen) atoms. The highest BCUT2D eigenvalue weighted by atomic mass is 35.5. The molecule has 9 heteroatoms. The summed E-state index contributed by atoms with van der Waals surface area (Å²) in [7, 11) is 0. The fourth-order valence-electron chi connectivity index (χ4n) is 4.75. The van der Waals surface area contributed by atoms with Gasteiger partial charge in [0.2, 0.25) is 0 Å². The van der Waals surface area contributed by atoms with Crippen molar-refractivity contribution in [3.8, 4) is 9.88 Å². The second-order valence-corrected chi connectivity index (χ2v) is 10.2. The minimum atomic E-state index is -0.979. The second-order valence-electron chi connectivity index (χ2n) is 7.93. The number of hydrogen-bond acceptors (Lipinski definition) is 6. The molecule has 0 N–H and O–H groups in total. The summed E-state index contributed by atoms with van der Waals surface area (Å²) in [5, 5.41) is 5.20. The van der Waals surface area contributed by atoms with Crippen molar-refractivity contribution in [1.82, 2.24) is 19.8 Å². The lowest BCUT2D eigenvalue weighted by molar-refractivity contribution is 0.00679. The third-order valence-electron chi connectivity index (χ3n) is 6.23. The van der Waals surface area contributed by atoms with E-state index in [0.29, 0.717) is 41.5 Å². The Hall–Kier alpha value is -3.07. The lowest BCUT2D eigenvalue weighted by atomic mass is 9.86. The predicted octanol–water partition coefficient (Wildman–Crippen LogP) is 4.93. The maximum absolute atomic E-state index is 13.8. The average Bonchev–Trinajstić information content (AvgIpc) is 3.59. The average molecular weight is 493 g/mol. The SMILES string of the molecule is O=C(c1csc(-c2cccs2)n1)N1CCN2C(=O)c3cccnc3CC12c1ccc(Cl)cc1. The smallest absolute Gasteiger partial charge is 0.275 e. The minimum absolute atomic E-state index is 0.118. The van der Waals surface area contributed by atoms with E-state index in [1.807, 2.05) is 29.6 Å². The summed E-state index contributed by atoms with van der Waals surface area (Å²) in [5.41, 5.74) is 1.51. The molecule has 6 rings (SSSR count). The van der Waals surface area contributed by atoms with Gasteiger partial charge in [0.05, 0.1) is 16.1 Å². The summed E-state index contributed by atoms with van der Waals surface area (Å²) < 4.78 is 0. The maximum atomic E-state index is 13.8. The monoisotopic (exact) mass is 492 g/mol. The van der Waals surface area contributed by atoms with Gasteiger partial charge in [-0.2, -0.15) is 0 Å². The molecule has 164 valence electrons. The van der Waals surface area contributed by atoms with Crippen molar-refractivity contribution >= 4 is 46.1 Å². The van der Waals surface area contributed by atoms with Crippen LogP contribution in [0.3, 0.4) is 0 Å². The number of hydrogen-bond donors (Lipinski definition) is 0. The van der Waals surface area contributed by atoms with Crippen molar-refractivity contribution in [3.05, 3.63) is 93.0 Å². The number of aromatic nitrogens is 2. The van der Waals surface area contributed by atoms with Crippen LogP contribution in [0.25, 0.3) is 9.88 Å². The molecule has 0 bridgehead atoms. The number of benzene rings is 1. The summed E-state index contributed by atoms with van der Waals surface area (Å²) in [6.07, 6.45) is 2.09. The molecule has 1 aromatic carbocycles. The van der Waals surface area contributed by atoms with E-state index < -0.39 is 5.66 Å². The first-order chi connectivity index (χ1) is 16.1. The first-order valence-electron chi connectivity index (χ1n) is 10.4. The molecule has 3 aromatic heterocycles. The van der Waals surface area contributed by atoms with E-state index in [-0.39, 0.29) is 11.8 Å². The van der Waals surface area contributed by atoms with Crippen LogP contribution in [0, 0.1) is 0 Å². The Bertz CT molecular complexity index is 1370. The number of nitrogens with zero attached hydrogens (tertiary/aromatic N) is 4. The molecule has 1 saturated heterocycles. The van der Waals surface area contributed by atoms with Gasteiger partial charge in [0.1, 0.15) is 16.4 Å². The minimum Gasteiger partial charge on any atom is -0.309 e. The standard InChI is InChI=1S/C24H17ClN4O2S2/c25-16-7-5-15(6-8-16)24-13-18-17(3-1-9-26-18)22(30)28(24)10-11-29(24)23(31)19-14-33-21(27-19)20-4-2-12-32-20/h1-9,12,14H,10-11,13H2. The molecule has 2 aliphatic rings. The van der Waals surface area contributed by atoms with E-state index in [1.165, 1.54) is 11.3 Å². The Morgan fingerprint density at radius 2 is 1.91 bits per heavy atom. The van der Waals surface area contributed by atoms with Crippen LogP contribution in [0.4, 0.5) is 0 Å². The van der Waals surface area contributed by atoms with Gasteiger partial charge in [0.25, 0.3) is 11.8 Å². The van der Waals surface area contributed by atoms with Crippen LogP contribution in [0.15, 0.2) is 65.5 Å². The molecular formula is C24H17ClN4O2S2. The van der Waals surface area contributed by atoms with E-state index in [4.69, 9.17) is 11.6 Å². The number of thiophene rings is 1. The lowest BCUT2D eigenvalue weighted by Gasteiger charge is -2.46. The van der Waals surface area contributed by atoms with E-state index in [0.717, 1.165) is 15.4 Å². The number of amides is 2. The largest absolute Gasteiger partial charge is 0.309 e. The molecule has 1 fully saturated rings. The van der Waals surface area contributed by atoms with Crippen LogP contribution < -0.4 is 0 Å². The van der Waals surface area contributed by atoms with E-state index in [2.05, 4.69) is 9.97 Å². The Morgan fingerprint density at radius 3 is 2.70 bits per heavy atom. The molecule has 0 spiro atoms. The van der Waals surface area contributed by atoms with E-state index >= 15 is 0 Å². The van der Waals surface area contributed by atoms with Crippen molar-refractivity contribution in [2.45, 2.75) is 12.1 Å². The highest BCUT2D eigenvalue weighted by molar-refractivity contribution is 7.20. The summed E-state index contributed by atoms with van der Waals surface area (Å²) in [5.74, 6) is -0.314. The molecule has 4 aromatic rings. The fraction of sp³-hybridized carbons (Fsp3) is 0.167. The number of carbonyl (C=O) groups excluding carboxylic acids is 2. The predicted molar refractivity (Wildman–Crippen MR) is 129 cm³/mol. The number of thiazole rings is 1. The molecule has 0 aliphatic carbocycles. The molecule has 5 heterocycles. The molecule has 0 radical (unpaired) electrons. The molecule has 2 aliphatic heterocycles. The Labute approximate surface area is 203 Å². The summed E-state index contributed by atoms with van der Waals surface area (Å²) in [4.78, 5) is 41.1. The normalized spacial score (nSPS) is 19.5. The highest BCUT2D eigenvalue weighted by Gasteiger charge is 2.56. The molecule has 0 saturated carbocycles. The van der Waals surface area contributed by atoms with Crippen LogP contribution in [-0.2, 0) is 12.1 Å². The zero-order chi connectivity index (χ0) is 22.6. The number of carbonyl (C=O) groups is 2. The summed E-state index contributed by atoms with van der Waals surface area (Å²) in [6, 6.07) is 14.9. The second kappa shape index (κ2) is 7.76. The van der Waals surface area contributed by atoms with Crippen LogP contribution in [0.5, 0.6) is 0 Å². The molecule has 1 atom stereocenters. The third kappa shape index (κ3) is 3.13. The van der Waals surface area contributed by atoms with Gasteiger partial charge < -0.3 is 9.80 Å². The van der Waals surface area contributed by atoms with Crippen LogP contribution in [0.2, 0.25) is 5.02 Å². The quantitative estimate of drug-likeness (QED) is 0.407. The molecule has 6 nitrogen and oxygen atoms in total. The Balaban J connectivity index is 1.47. The van der Waals surface area contributed by atoms with Crippen molar-refractivity contribution in [2.24, 2.45) is 0 Å². The summed E-state index contributed by atoms with van der Waals surface area (Å²) >= 11 is 9.21. The fourth-order valence-corrected chi connectivity index (χ4v) is 6.49. The van der Waals surface area contributed by atoms with Crippen molar-refractivity contribution in [3.63, 3.8) is 0 Å². The summed E-state index contributed by atoms with van der Waals surface area (Å²) in [6.45, 7) is 0.844. The number of halogens is 1. The first kappa shape index (κ1) is 20.5. The van der Waals surface area contributed by atoms with Crippen molar-refractivity contribution in [2.75, 3.05) is 13.1 Å². The highest BCUT2D eigenvalue weighted by Crippen LogP contribution is 2.45. The zero-order valence-electron chi connectivity index (χ0n) is 17.3. The van der Waals surface area contributed by atoms with Gasteiger partial charge in [-0.15, -0.1) is 22.7 Å². The Morgan fingerprint density at radius 1 is 1.06 bits per heavy atom. The van der Waals surface area contributed by atoms with Gasteiger partial charge >= 0.3 is 0 Å². The number of fused-ring (bicyclic) bond motifs is 2. The maximum Gasteiger partial charge on any atom is 0.275 e. The van der Waals surface area contributed by atoms with Crippen LogP contribution in [0.1, 0.15) is 32.1 Å². The topological polar surface area (TPSA) is 66.4 Å². The van der Waals surface area contributed by atoms with Crippen molar-refractivity contribution < 1.29 is 9.59 Å². The van der Waals surface area contributed by atoms with Crippen LogP contribution in [-0.4, -0.2) is 44.7 Å². The van der Waals surface area contributed by atoms with Gasteiger partial charge in [-0.1, -0.05) is 29.8 Å². The van der Waals surface area contributed by atoms with Gasteiger partial charge in [-0.05, 0) is 41.3 Å². The van der Waals surface area contributed by atoms with E-state index in [1.54, 1.807) is 57.0 Å². The molecule has 2 amide bonds. The zero-order valence-corrected chi connectivity index (χ0v) is 19.7. The number of pyridine rings is 1. The molecular weight excluding hydrogens is 476 g/mol. The van der Waals surface area contributed by atoms with Gasteiger partial charge in [-0.25, -0.2) is 4.98 Å². The van der Waals surface area contributed by atoms with Gasteiger partial charge in [0, 0.05) is 36.1 Å². The van der Waals surface area contributed by atoms with Crippen LogP contribution >= 0.6 is 34.3 Å². The van der Waals surface area contributed by atoms with Crippen molar-refractivity contribution in [1.29, 1.82) is 0 Å². The third-order valence-corrected chi connectivity index (χ3v) is 8.36. The van der Waals surface area contributed by atoms with Gasteiger partial charge in [0.15, 0.2) is 0 Å². The van der Waals surface area contributed by atoms with Gasteiger partial charge in [-0.3, -0.25) is 14.6 Å². The number of rotatable bonds is 3. The molecule has 1 unspecified atom stereocenters. The first-order valence-corrected chi connectivity index (χ1v) is 12.5. The van der Waals surface area contributed by atoms with E-state index in [9.17, 15) is 9.59 Å². The lowest BCUT2D eigenvalue weighted by Crippen LogP contribution is -2.58.